The van der Waals surface area contributed by atoms with Crippen molar-refractivity contribution in [2.75, 3.05) is 13.6 Å². The third kappa shape index (κ3) is 2.36. The number of benzene rings is 1. The predicted octanol–water partition coefficient (Wildman–Crippen LogP) is 2.50. The van der Waals surface area contributed by atoms with E-state index < -0.39 is 5.82 Å². The van der Waals surface area contributed by atoms with E-state index in [-0.39, 0.29) is 17.4 Å². The maximum atomic E-state index is 13.4. The first-order valence-corrected chi connectivity index (χ1v) is 4.99. The summed E-state index contributed by atoms with van der Waals surface area (Å²) in [7, 11) is 1.67. The Morgan fingerprint density at radius 1 is 1.47 bits per heavy atom. The summed E-state index contributed by atoms with van der Waals surface area (Å²) in [4.78, 5) is 11.7. The lowest BCUT2D eigenvalue weighted by Crippen LogP contribution is -2.20. The number of rotatable bonds is 3. The Morgan fingerprint density at radius 3 is 2.60 bits per heavy atom. The minimum absolute atomic E-state index is 0.145. The van der Waals surface area contributed by atoms with Gasteiger partial charge in [-0.25, -0.2) is 4.39 Å². The zero-order valence-corrected chi connectivity index (χ0v) is 9.70. The Balaban J connectivity index is 3.32. The van der Waals surface area contributed by atoms with Gasteiger partial charge in [0.05, 0.1) is 6.54 Å². The SMILES string of the molecule is CNCC(=O)c1c(C)c(F)cc(Cl)c1C. The first kappa shape index (κ1) is 12.1. The smallest absolute Gasteiger partial charge is 0.177 e. The number of hydrogen-bond acceptors (Lipinski definition) is 2. The minimum atomic E-state index is -0.440. The second kappa shape index (κ2) is 4.73. The molecule has 0 radical (unpaired) electrons. The van der Waals surface area contributed by atoms with Gasteiger partial charge in [0.25, 0.3) is 0 Å². The minimum Gasteiger partial charge on any atom is -0.313 e. The van der Waals surface area contributed by atoms with Crippen molar-refractivity contribution in [3.05, 3.63) is 33.6 Å². The van der Waals surface area contributed by atoms with Crippen LogP contribution < -0.4 is 5.32 Å². The van der Waals surface area contributed by atoms with Crippen molar-refractivity contribution in [2.24, 2.45) is 0 Å². The third-order valence-electron chi connectivity index (χ3n) is 2.34. The highest BCUT2D eigenvalue weighted by Crippen LogP contribution is 2.25. The maximum absolute atomic E-state index is 13.4. The second-order valence-electron chi connectivity index (χ2n) is 3.42. The number of likely N-dealkylation sites (N-methyl/N-ethyl adjacent to an activating group) is 1. The fraction of sp³-hybridized carbons (Fsp3) is 0.364. The molecule has 1 N–H and O–H groups in total. The molecule has 0 aliphatic rings. The molecule has 0 bridgehead atoms. The summed E-state index contributed by atoms with van der Waals surface area (Å²) in [6.07, 6.45) is 0. The van der Waals surface area contributed by atoms with Gasteiger partial charge in [-0.3, -0.25) is 4.79 Å². The summed E-state index contributed by atoms with van der Waals surface area (Å²) in [5.41, 5.74) is 1.38. The number of nitrogens with one attached hydrogen (secondary N) is 1. The molecule has 0 aliphatic carbocycles. The van der Waals surface area contributed by atoms with Crippen LogP contribution in [0.5, 0.6) is 0 Å². The lowest BCUT2D eigenvalue weighted by molar-refractivity contribution is 0.0992. The number of hydrogen-bond donors (Lipinski definition) is 1. The van der Waals surface area contributed by atoms with Gasteiger partial charge in [0.15, 0.2) is 5.78 Å². The molecule has 2 nitrogen and oxygen atoms in total. The normalized spacial score (nSPS) is 10.5. The van der Waals surface area contributed by atoms with Crippen molar-refractivity contribution in [1.82, 2.24) is 5.32 Å². The Labute approximate surface area is 93.4 Å². The van der Waals surface area contributed by atoms with Crippen LogP contribution in [-0.2, 0) is 0 Å². The molecule has 1 rings (SSSR count). The van der Waals surface area contributed by atoms with Crippen molar-refractivity contribution in [1.29, 1.82) is 0 Å². The van der Waals surface area contributed by atoms with Gasteiger partial charge in [-0.05, 0) is 38.1 Å². The van der Waals surface area contributed by atoms with E-state index >= 15 is 0 Å². The number of carbonyl (C=O) groups is 1. The highest BCUT2D eigenvalue weighted by molar-refractivity contribution is 6.32. The van der Waals surface area contributed by atoms with Crippen LogP contribution in [0.4, 0.5) is 4.39 Å². The largest absolute Gasteiger partial charge is 0.313 e. The molecule has 0 unspecified atom stereocenters. The molecule has 0 saturated carbocycles. The molecule has 0 aromatic heterocycles. The van der Waals surface area contributed by atoms with E-state index in [2.05, 4.69) is 5.32 Å². The van der Waals surface area contributed by atoms with Gasteiger partial charge < -0.3 is 5.32 Å². The summed E-state index contributed by atoms with van der Waals surface area (Å²) >= 11 is 5.82. The zero-order chi connectivity index (χ0) is 11.6. The molecule has 0 saturated heterocycles. The molecule has 0 amide bonds. The van der Waals surface area contributed by atoms with Crippen LogP contribution in [0.3, 0.4) is 0 Å². The molecule has 0 atom stereocenters. The third-order valence-corrected chi connectivity index (χ3v) is 2.73. The van der Waals surface area contributed by atoms with Crippen LogP contribution in [0.2, 0.25) is 5.02 Å². The Hall–Kier alpha value is -0.930. The van der Waals surface area contributed by atoms with Gasteiger partial charge in [0, 0.05) is 10.6 Å². The van der Waals surface area contributed by atoms with E-state index in [4.69, 9.17) is 11.6 Å². The quantitative estimate of drug-likeness (QED) is 0.807. The molecule has 0 fully saturated rings. The van der Waals surface area contributed by atoms with E-state index in [1.54, 1.807) is 20.9 Å². The molecular weight excluding hydrogens is 217 g/mol. The lowest BCUT2D eigenvalue weighted by Gasteiger charge is -2.11. The van der Waals surface area contributed by atoms with Crippen LogP contribution in [0.25, 0.3) is 0 Å². The molecule has 0 heterocycles. The number of Topliss-reactive ketones (excluding diaryl/α,β-unsaturated/α-hetero) is 1. The molecule has 15 heavy (non-hydrogen) atoms. The van der Waals surface area contributed by atoms with E-state index in [0.29, 0.717) is 16.7 Å². The fourth-order valence-electron chi connectivity index (χ4n) is 1.52. The number of halogens is 2. The molecule has 82 valence electrons. The number of carbonyl (C=O) groups excluding carboxylic acids is 1. The monoisotopic (exact) mass is 229 g/mol. The first-order chi connectivity index (χ1) is 6.99. The van der Waals surface area contributed by atoms with E-state index in [9.17, 15) is 9.18 Å². The summed E-state index contributed by atoms with van der Waals surface area (Å²) in [6.45, 7) is 3.49. The Morgan fingerprint density at radius 2 is 2.07 bits per heavy atom. The lowest BCUT2D eigenvalue weighted by atomic mass is 9.98. The summed E-state index contributed by atoms with van der Waals surface area (Å²) in [6, 6.07) is 1.24. The van der Waals surface area contributed by atoms with E-state index in [1.807, 2.05) is 0 Å². The van der Waals surface area contributed by atoms with Crippen molar-refractivity contribution >= 4 is 17.4 Å². The first-order valence-electron chi connectivity index (χ1n) is 4.62. The average Bonchev–Trinajstić information content (AvgIpc) is 2.16. The van der Waals surface area contributed by atoms with E-state index in [1.165, 1.54) is 6.07 Å². The molecule has 1 aromatic rings. The van der Waals surface area contributed by atoms with Gasteiger partial charge in [-0.1, -0.05) is 11.6 Å². The summed E-state index contributed by atoms with van der Waals surface area (Å²) in [5.74, 6) is -0.584. The molecule has 1 aromatic carbocycles. The highest BCUT2D eigenvalue weighted by Gasteiger charge is 2.17. The fourth-order valence-corrected chi connectivity index (χ4v) is 1.71. The molecule has 0 spiro atoms. The molecular formula is C11H13ClFNO. The summed E-state index contributed by atoms with van der Waals surface area (Å²) in [5, 5.41) is 3.03. The molecule has 4 heteroatoms. The van der Waals surface area contributed by atoms with Crippen molar-refractivity contribution < 1.29 is 9.18 Å². The van der Waals surface area contributed by atoms with Crippen molar-refractivity contribution in [2.45, 2.75) is 13.8 Å². The van der Waals surface area contributed by atoms with Crippen molar-refractivity contribution in [3.8, 4) is 0 Å². The van der Waals surface area contributed by atoms with Crippen LogP contribution >= 0.6 is 11.6 Å². The van der Waals surface area contributed by atoms with Gasteiger partial charge in [0.2, 0.25) is 0 Å². The molecule has 0 aliphatic heterocycles. The Bertz CT molecular complexity index is 378. The van der Waals surface area contributed by atoms with Crippen LogP contribution in [0.1, 0.15) is 21.5 Å². The predicted molar refractivity (Wildman–Crippen MR) is 59.1 cm³/mol. The standard InChI is InChI=1S/C11H13ClFNO/c1-6-8(12)4-9(13)7(2)11(6)10(15)5-14-3/h4,14H,5H2,1-3H3. The maximum Gasteiger partial charge on any atom is 0.177 e. The van der Waals surface area contributed by atoms with Crippen molar-refractivity contribution in [3.63, 3.8) is 0 Å². The average molecular weight is 230 g/mol. The van der Waals surface area contributed by atoms with Crippen LogP contribution in [-0.4, -0.2) is 19.4 Å². The zero-order valence-electron chi connectivity index (χ0n) is 8.95. The van der Waals surface area contributed by atoms with Gasteiger partial charge in [0.1, 0.15) is 5.82 Å². The number of ketones is 1. The second-order valence-corrected chi connectivity index (χ2v) is 3.83. The van der Waals surface area contributed by atoms with Gasteiger partial charge in [-0.2, -0.15) is 0 Å². The topological polar surface area (TPSA) is 29.1 Å². The van der Waals surface area contributed by atoms with Gasteiger partial charge >= 0.3 is 0 Å². The summed E-state index contributed by atoms with van der Waals surface area (Å²) < 4.78 is 13.4. The highest BCUT2D eigenvalue weighted by atomic mass is 35.5. The van der Waals surface area contributed by atoms with Crippen LogP contribution in [0.15, 0.2) is 6.07 Å². The van der Waals surface area contributed by atoms with Crippen LogP contribution in [0, 0.1) is 19.7 Å². The Kier molecular flexibility index (Phi) is 3.83. The van der Waals surface area contributed by atoms with Gasteiger partial charge in [-0.15, -0.1) is 0 Å². The van der Waals surface area contributed by atoms with E-state index in [0.717, 1.165) is 0 Å².